The number of hydrogen-bond acceptors (Lipinski definition) is 4. The molecule has 1 fully saturated rings. The Morgan fingerprint density at radius 1 is 1.50 bits per heavy atom. The molecule has 1 saturated carbocycles. The highest BCUT2D eigenvalue weighted by molar-refractivity contribution is 7.90. The lowest BCUT2D eigenvalue weighted by Gasteiger charge is -2.42. The molecule has 1 aliphatic carbocycles. The fourth-order valence-corrected chi connectivity index (χ4v) is 2.49. The van der Waals surface area contributed by atoms with Crippen molar-refractivity contribution in [3.8, 4) is 0 Å². The quantitative estimate of drug-likeness (QED) is 0.729. The molecule has 0 heterocycles. The van der Waals surface area contributed by atoms with Crippen LogP contribution in [-0.4, -0.2) is 44.3 Å². The van der Waals surface area contributed by atoms with Crippen molar-refractivity contribution in [3.05, 3.63) is 0 Å². The summed E-state index contributed by atoms with van der Waals surface area (Å²) >= 11 is 0. The predicted octanol–water partition coefficient (Wildman–Crippen LogP) is 0.351. The lowest BCUT2D eigenvalue weighted by atomic mass is 9.75. The third-order valence-electron chi connectivity index (χ3n) is 2.71. The van der Waals surface area contributed by atoms with Crippen LogP contribution in [0.25, 0.3) is 0 Å². The third-order valence-corrected chi connectivity index (χ3v) is 3.74. The number of rotatable bonds is 5. The van der Waals surface area contributed by atoms with Crippen LogP contribution in [0.2, 0.25) is 0 Å². The summed E-state index contributed by atoms with van der Waals surface area (Å²) in [6.45, 7) is 0. The maximum absolute atomic E-state index is 10.8. The molecule has 0 atom stereocenters. The molecule has 0 spiro atoms. The minimum absolute atomic E-state index is 0.151. The molecule has 0 unspecified atom stereocenters. The Morgan fingerprint density at radius 3 is 2.50 bits per heavy atom. The van der Waals surface area contributed by atoms with E-state index in [-0.39, 0.29) is 11.9 Å². The molecule has 0 amide bonds. The summed E-state index contributed by atoms with van der Waals surface area (Å²) in [5.41, 5.74) is -0.675. The fourth-order valence-electron chi connectivity index (χ4n) is 1.82. The summed E-state index contributed by atoms with van der Waals surface area (Å²) in [4.78, 5) is 0. The highest BCUT2D eigenvalue weighted by atomic mass is 32.2. The Morgan fingerprint density at radius 2 is 2.07 bits per heavy atom. The fraction of sp³-hybridized carbons (Fsp3) is 1.00. The van der Waals surface area contributed by atoms with E-state index in [1.54, 1.807) is 7.11 Å². The second-order valence-corrected chi connectivity index (χ2v) is 6.48. The van der Waals surface area contributed by atoms with Gasteiger partial charge in [0.05, 0.1) is 11.7 Å². The number of sulfone groups is 1. The molecule has 0 aromatic rings. The normalized spacial score (nSPS) is 32.6. The van der Waals surface area contributed by atoms with Gasteiger partial charge >= 0.3 is 0 Å². The van der Waals surface area contributed by atoms with Gasteiger partial charge in [-0.05, 0) is 12.8 Å². The molecule has 0 aliphatic heterocycles. The second-order valence-electron chi connectivity index (χ2n) is 4.22. The molecule has 1 rings (SSSR count). The van der Waals surface area contributed by atoms with E-state index in [1.165, 1.54) is 6.26 Å². The van der Waals surface area contributed by atoms with Crippen LogP contribution >= 0.6 is 0 Å². The van der Waals surface area contributed by atoms with Crippen LogP contribution in [0.15, 0.2) is 0 Å². The van der Waals surface area contributed by atoms with Crippen molar-refractivity contribution in [2.75, 3.05) is 19.1 Å². The van der Waals surface area contributed by atoms with Gasteiger partial charge in [-0.3, -0.25) is 0 Å². The number of methoxy groups -OCH3 is 1. The average Bonchev–Trinajstić information content (AvgIpc) is 1.97. The zero-order valence-corrected chi connectivity index (χ0v) is 9.51. The van der Waals surface area contributed by atoms with E-state index in [1.807, 2.05) is 0 Å². The van der Waals surface area contributed by atoms with Gasteiger partial charge in [-0.15, -0.1) is 0 Å². The summed E-state index contributed by atoms with van der Waals surface area (Å²) in [6, 6.07) is 0. The largest absolute Gasteiger partial charge is 0.390 e. The zero-order valence-electron chi connectivity index (χ0n) is 8.69. The summed E-state index contributed by atoms with van der Waals surface area (Å²) < 4.78 is 26.7. The van der Waals surface area contributed by atoms with E-state index in [0.29, 0.717) is 25.7 Å². The molecule has 14 heavy (non-hydrogen) atoms. The van der Waals surface area contributed by atoms with E-state index in [2.05, 4.69) is 0 Å². The van der Waals surface area contributed by atoms with E-state index < -0.39 is 15.4 Å². The smallest absolute Gasteiger partial charge is 0.147 e. The van der Waals surface area contributed by atoms with Crippen LogP contribution in [0.5, 0.6) is 0 Å². The molecule has 5 heteroatoms. The van der Waals surface area contributed by atoms with E-state index >= 15 is 0 Å². The van der Waals surface area contributed by atoms with Crippen LogP contribution < -0.4 is 0 Å². The highest BCUT2D eigenvalue weighted by Crippen LogP contribution is 2.37. The van der Waals surface area contributed by atoms with Gasteiger partial charge < -0.3 is 9.84 Å². The SMILES string of the molecule is COC1CC(O)(CCCS(C)(=O)=O)C1. The summed E-state index contributed by atoms with van der Waals surface area (Å²) in [7, 11) is -1.27. The van der Waals surface area contributed by atoms with Crippen molar-refractivity contribution in [2.24, 2.45) is 0 Å². The first-order valence-electron chi connectivity index (χ1n) is 4.77. The van der Waals surface area contributed by atoms with E-state index in [4.69, 9.17) is 4.74 Å². The number of ether oxygens (including phenoxy) is 1. The van der Waals surface area contributed by atoms with Gasteiger partial charge in [0.25, 0.3) is 0 Å². The van der Waals surface area contributed by atoms with Crippen LogP contribution in [0.1, 0.15) is 25.7 Å². The van der Waals surface area contributed by atoms with Gasteiger partial charge in [-0.25, -0.2) is 8.42 Å². The topological polar surface area (TPSA) is 63.6 Å². The maximum atomic E-state index is 10.8. The van der Waals surface area contributed by atoms with Gasteiger partial charge in [0, 0.05) is 32.0 Å². The Labute approximate surface area is 85.2 Å². The molecule has 0 bridgehead atoms. The number of hydrogen-bond donors (Lipinski definition) is 1. The van der Waals surface area contributed by atoms with Crippen molar-refractivity contribution in [1.29, 1.82) is 0 Å². The second kappa shape index (κ2) is 4.16. The van der Waals surface area contributed by atoms with E-state index in [0.717, 1.165) is 0 Å². The molecule has 0 radical (unpaired) electrons. The van der Waals surface area contributed by atoms with Crippen molar-refractivity contribution < 1.29 is 18.3 Å². The van der Waals surface area contributed by atoms with Crippen molar-refractivity contribution in [3.63, 3.8) is 0 Å². The Balaban J connectivity index is 2.20. The number of aliphatic hydroxyl groups is 1. The first-order valence-corrected chi connectivity index (χ1v) is 6.84. The summed E-state index contributed by atoms with van der Waals surface area (Å²) in [5.74, 6) is 0.160. The molecule has 0 aromatic carbocycles. The van der Waals surface area contributed by atoms with Crippen LogP contribution in [0, 0.1) is 0 Å². The van der Waals surface area contributed by atoms with Gasteiger partial charge in [0.15, 0.2) is 0 Å². The lowest BCUT2D eigenvalue weighted by Crippen LogP contribution is -2.48. The van der Waals surface area contributed by atoms with Crippen LogP contribution in [0.3, 0.4) is 0 Å². The maximum Gasteiger partial charge on any atom is 0.147 e. The van der Waals surface area contributed by atoms with Crippen molar-refractivity contribution in [2.45, 2.75) is 37.4 Å². The first-order chi connectivity index (χ1) is 6.35. The standard InChI is InChI=1S/C9H18O4S/c1-13-8-6-9(10,7-8)4-3-5-14(2,11)12/h8,10H,3-7H2,1-2H3. The third kappa shape index (κ3) is 3.55. The van der Waals surface area contributed by atoms with Gasteiger partial charge in [-0.1, -0.05) is 0 Å². The zero-order chi connectivity index (χ0) is 10.8. The first kappa shape index (κ1) is 11.9. The summed E-state index contributed by atoms with van der Waals surface area (Å²) in [5, 5.41) is 9.83. The summed E-state index contributed by atoms with van der Waals surface area (Å²) in [6.07, 6.45) is 3.72. The Kier molecular flexibility index (Phi) is 3.55. The molecule has 4 nitrogen and oxygen atoms in total. The minimum Gasteiger partial charge on any atom is -0.390 e. The monoisotopic (exact) mass is 222 g/mol. The minimum atomic E-state index is -2.89. The predicted molar refractivity (Wildman–Crippen MR) is 53.9 cm³/mol. The van der Waals surface area contributed by atoms with Gasteiger partial charge in [0.2, 0.25) is 0 Å². The Hall–Kier alpha value is -0.130. The van der Waals surface area contributed by atoms with Crippen LogP contribution in [-0.2, 0) is 14.6 Å². The highest BCUT2D eigenvalue weighted by Gasteiger charge is 2.42. The molecular weight excluding hydrogens is 204 g/mol. The van der Waals surface area contributed by atoms with Crippen molar-refractivity contribution >= 4 is 9.84 Å². The molecule has 1 N–H and O–H groups in total. The molecule has 1 aliphatic rings. The molecule has 0 aromatic heterocycles. The molecular formula is C9H18O4S. The Bertz CT molecular complexity index is 277. The van der Waals surface area contributed by atoms with E-state index in [9.17, 15) is 13.5 Å². The van der Waals surface area contributed by atoms with Crippen molar-refractivity contribution in [1.82, 2.24) is 0 Å². The van der Waals surface area contributed by atoms with Gasteiger partial charge in [-0.2, -0.15) is 0 Å². The van der Waals surface area contributed by atoms with Crippen LogP contribution in [0.4, 0.5) is 0 Å². The lowest BCUT2D eigenvalue weighted by molar-refractivity contribution is -0.131. The molecule has 0 saturated heterocycles. The van der Waals surface area contributed by atoms with Gasteiger partial charge in [0.1, 0.15) is 9.84 Å². The average molecular weight is 222 g/mol. The molecule has 84 valence electrons.